The molecule has 1 aromatic heterocycles. The van der Waals surface area contributed by atoms with Gasteiger partial charge in [-0.25, -0.2) is 4.98 Å². The van der Waals surface area contributed by atoms with Crippen LogP contribution >= 0.6 is 0 Å². The van der Waals surface area contributed by atoms with Crippen molar-refractivity contribution in [3.05, 3.63) is 23.8 Å². The fourth-order valence-electron chi connectivity index (χ4n) is 3.68. The lowest BCUT2D eigenvalue weighted by Crippen LogP contribution is -2.38. The van der Waals surface area contributed by atoms with Gasteiger partial charge in [0.1, 0.15) is 11.4 Å². The number of nitrogens with one attached hydrogen (secondary N) is 2. The molecule has 1 atom stereocenters. The first kappa shape index (κ1) is 18.5. The third-order valence-corrected chi connectivity index (χ3v) is 5.53. The van der Waals surface area contributed by atoms with Crippen LogP contribution in [0.25, 0.3) is 11.3 Å². The van der Waals surface area contributed by atoms with Crippen molar-refractivity contribution >= 4 is 29.4 Å². The maximum Gasteiger partial charge on any atom is 0.228 e. The third-order valence-electron chi connectivity index (χ3n) is 5.53. The van der Waals surface area contributed by atoms with Gasteiger partial charge in [-0.05, 0) is 19.4 Å². The molecule has 1 aromatic carbocycles. The Hall–Kier alpha value is -2.87. The van der Waals surface area contributed by atoms with Gasteiger partial charge in [0, 0.05) is 42.2 Å². The van der Waals surface area contributed by atoms with Gasteiger partial charge in [-0.3, -0.25) is 0 Å². The molecule has 2 aliphatic rings. The third kappa shape index (κ3) is 3.13. The molecule has 8 nitrogen and oxygen atoms in total. The number of nitrogens with zero attached hydrogens (tertiary/aromatic N) is 4. The van der Waals surface area contributed by atoms with Gasteiger partial charge in [0.05, 0.1) is 19.9 Å². The Morgan fingerprint density at radius 3 is 2.82 bits per heavy atom. The van der Waals surface area contributed by atoms with Crippen LogP contribution in [-0.2, 0) is 4.74 Å². The van der Waals surface area contributed by atoms with Crippen LogP contribution in [0.2, 0.25) is 0 Å². The quantitative estimate of drug-likeness (QED) is 0.540. The highest BCUT2D eigenvalue weighted by Crippen LogP contribution is 2.41. The van der Waals surface area contributed by atoms with Crippen LogP contribution < -0.4 is 20.9 Å². The van der Waals surface area contributed by atoms with Crippen molar-refractivity contribution in [2.75, 3.05) is 53.8 Å². The van der Waals surface area contributed by atoms with Crippen LogP contribution in [-0.4, -0.2) is 55.2 Å². The number of ether oxygens (including phenoxy) is 1. The van der Waals surface area contributed by atoms with E-state index in [-0.39, 0.29) is 0 Å². The molecular formula is C20H27N7O. The summed E-state index contributed by atoms with van der Waals surface area (Å²) in [5.74, 6) is 1.62. The number of hydrogen-bond acceptors (Lipinski definition) is 8. The highest BCUT2D eigenvalue weighted by Gasteiger charge is 2.30. The first-order valence-electron chi connectivity index (χ1n) is 9.78. The Bertz CT molecular complexity index is 879. The first-order valence-corrected chi connectivity index (χ1v) is 9.78. The molecule has 3 heterocycles. The minimum absolute atomic E-state index is 0.358. The van der Waals surface area contributed by atoms with Gasteiger partial charge >= 0.3 is 0 Å². The van der Waals surface area contributed by atoms with Crippen molar-refractivity contribution in [3.8, 4) is 11.3 Å². The molecule has 148 valence electrons. The Labute approximate surface area is 165 Å². The molecule has 1 unspecified atom stereocenters. The number of hydrogen-bond donors (Lipinski definition) is 3. The summed E-state index contributed by atoms with van der Waals surface area (Å²) < 4.78 is 5.49. The van der Waals surface area contributed by atoms with Crippen molar-refractivity contribution in [1.82, 2.24) is 9.97 Å². The molecule has 28 heavy (non-hydrogen) atoms. The number of nitrogen functional groups attached to an aromatic ring is 1. The van der Waals surface area contributed by atoms with E-state index in [4.69, 9.17) is 25.8 Å². The van der Waals surface area contributed by atoms with E-state index in [0.29, 0.717) is 43.1 Å². The molecule has 1 saturated heterocycles. The van der Waals surface area contributed by atoms with Gasteiger partial charge in [-0.1, -0.05) is 19.1 Å². The van der Waals surface area contributed by atoms with E-state index in [0.717, 1.165) is 42.3 Å². The number of morpholine rings is 1. The molecule has 0 radical (unpaired) electrons. The van der Waals surface area contributed by atoms with Gasteiger partial charge in [-0.15, -0.1) is 0 Å². The van der Waals surface area contributed by atoms with Crippen molar-refractivity contribution in [3.63, 3.8) is 0 Å². The molecular weight excluding hydrogens is 354 g/mol. The summed E-state index contributed by atoms with van der Waals surface area (Å²) >= 11 is 0. The minimum atomic E-state index is 0.358. The second kappa shape index (κ2) is 7.63. The Morgan fingerprint density at radius 1 is 1.32 bits per heavy atom. The molecule has 0 bridgehead atoms. The number of anilines is 4. The number of aromatic nitrogens is 2. The Morgan fingerprint density at radius 2 is 2.11 bits per heavy atom. The van der Waals surface area contributed by atoms with Crippen molar-refractivity contribution in [1.29, 1.82) is 5.41 Å². The highest BCUT2D eigenvalue weighted by molar-refractivity contribution is 5.98. The van der Waals surface area contributed by atoms with Crippen molar-refractivity contribution in [2.45, 2.75) is 26.3 Å². The molecule has 0 aliphatic carbocycles. The first-order chi connectivity index (χ1) is 13.6. The van der Waals surface area contributed by atoms with Crippen LogP contribution in [0.5, 0.6) is 0 Å². The Balaban J connectivity index is 1.89. The smallest absolute Gasteiger partial charge is 0.228 e. The van der Waals surface area contributed by atoms with Crippen LogP contribution in [0.4, 0.5) is 23.1 Å². The summed E-state index contributed by atoms with van der Waals surface area (Å²) in [6.45, 7) is 7.96. The zero-order chi connectivity index (χ0) is 19.7. The van der Waals surface area contributed by atoms with Crippen molar-refractivity contribution < 1.29 is 4.74 Å². The van der Waals surface area contributed by atoms with Crippen LogP contribution in [0, 0.1) is 5.41 Å². The molecule has 4 rings (SSSR count). The summed E-state index contributed by atoms with van der Waals surface area (Å²) in [5, 5.41) is 11.3. The van der Waals surface area contributed by atoms with E-state index >= 15 is 0 Å². The average molecular weight is 381 g/mol. The molecule has 1 fully saturated rings. The summed E-state index contributed by atoms with van der Waals surface area (Å²) in [6, 6.07) is 6.04. The molecule has 2 aromatic rings. The lowest BCUT2D eigenvalue weighted by Gasteiger charge is -2.29. The summed E-state index contributed by atoms with van der Waals surface area (Å²) in [5.41, 5.74) is 9.95. The summed E-state index contributed by atoms with van der Waals surface area (Å²) in [4.78, 5) is 14.3. The molecule has 0 saturated carbocycles. The lowest BCUT2D eigenvalue weighted by molar-refractivity contribution is 0.122. The summed E-state index contributed by atoms with van der Waals surface area (Å²) in [6.07, 6.45) is 2.33. The molecule has 4 N–H and O–H groups in total. The maximum absolute atomic E-state index is 7.85. The SMILES string of the molecule is CCC(C)N1CNc2c(-c3cccc(N)c3C=N)nc(N3CCOCC3)nc21. The predicted octanol–water partition coefficient (Wildman–Crippen LogP) is 2.55. The van der Waals surface area contributed by atoms with Gasteiger partial charge in [0.2, 0.25) is 5.95 Å². The number of rotatable bonds is 5. The Kier molecular flexibility index (Phi) is 5.04. The topological polar surface area (TPSA) is 103 Å². The van der Waals surface area contributed by atoms with E-state index in [1.54, 1.807) is 0 Å². The zero-order valence-corrected chi connectivity index (χ0v) is 16.4. The van der Waals surface area contributed by atoms with Gasteiger partial charge < -0.3 is 31.0 Å². The number of fused-ring (bicyclic) bond motifs is 1. The van der Waals surface area contributed by atoms with E-state index in [9.17, 15) is 0 Å². The predicted molar refractivity (Wildman–Crippen MR) is 114 cm³/mol. The zero-order valence-electron chi connectivity index (χ0n) is 16.4. The largest absolute Gasteiger partial charge is 0.398 e. The molecule has 2 aliphatic heterocycles. The maximum atomic E-state index is 7.85. The van der Waals surface area contributed by atoms with Gasteiger partial charge in [0.15, 0.2) is 5.82 Å². The molecule has 0 amide bonds. The van der Waals surface area contributed by atoms with E-state index in [1.807, 2.05) is 18.2 Å². The van der Waals surface area contributed by atoms with Crippen LogP contribution in [0.15, 0.2) is 18.2 Å². The lowest BCUT2D eigenvalue weighted by atomic mass is 10.0. The van der Waals surface area contributed by atoms with Crippen LogP contribution in [0.1, 0.15) is 25.8 Å². The normalized spacial score (nSPS) is 17.2. The molecule has 0 spiro atoms. The van der Waals surface area contributed by atoms with Gasteiger partial charge in [0.25, 0.3) is 0 Å². The average Bonchev–Trinajstić information content (AvgIpc) is 3.17. The summed E-state index contributed by atoms with van der Waals surface area (Å²) in [7, 11) is 0. The molecule has 8 heteroatoms. The van der Waals surface area contributed by atoms with Gasteiger partial charge in [-0.2, -0.15) is 4.98 Å². The second-order valence-electron chi connectivity index (χ2n) is 7.19. The minimum Gasteiger partial charge on any atom is -0.398 e. The number of nitrogens with two attached hydrogens (primary N) is 1. The van der Waals surface area contributed by atoms with E-state index in [2.05, 4.69) is 29.0 Å². The van der Waals surface area contributed by atoms with Crippen molar-refractivity contribution in [2.24, 2.45) is 0 Å². The second-order valence-corrected chi connectivity index (χ2v) is 7.19. The highest BCUT2D eigenvalue weighted by atomic mass is 16.5. The standard InChI is InChI=1S/C20H27N7O/c1-3-13(2)27-12-23-18-17(14-5-4-6-16(22)15(14)11-21)24-20(25-19(18)27)26-7-9-28-10-8-26/h4-6,11,13,21,23H,3,7-10,12,22H2,1-2H3. The number of benzene rings is 1. The monoisotopic (exact) mass is 381 g/mol. The van der Waals surface area contributed by atoms with Crippen LogP contribution in [0.3, 0.4) is 0 Å². The van der Waals surface area contributed by atoms with E-state index in [1.165, 1.54) is 6.21 Å². The van der Waals surface area contributed by atoms with E-state index < -0.39 is 0 Å². The fourth-order valence-corrected chi connectivity index (χ4v) is 3.68. The fraction of sp³-hybridized carbons (Fsp3) is 0.450.